The predicted octanol–water partition coefficient (Wildman–Crippen LogP) is 4.36. The zero-order valence-corrected chi connectivity index (χ0v) is 14.5. The van der Waals surface area contributed by atoms with Gasteiger partial charge < -0.3 is 9.57 Å². The number of hydrogen-bond donors (Lipinski definition) is 1. The number of ether oxygens (including phenoxy) is 1. The van der Waals surface area contributed by atoms with Gasteiger partial charge in [0.2, 0.25) is 0 Å². The summed E-state index contributed by atoms with van der Waals surface area (Å²) in [6.07, 6.45) is 1.69. The highest BCUT2D eigenvalue weighted by atomic mass is 16.7. The molecule has 0 heterocycles. The molecule has 0 aromatic heterocycles. The van der Waals surface area contributed by atoms with Crippen molar-refractivity contribution in [2.24, 2.45) is 5.41 Å². The average molecular weight is 339 g/mol. The van der Waals surface area contributed by atoms with Crippen molar-refractivity contribution in [3.63, 3.8) is 0 Å². The maximum Gasteiger partial charge on any atom is 0.337 e. The molecule has 0 saturated carbocycles. The van der Waals surface area contributed by atoms with Gasteiger partial charge >= 0.3 is 5.97 Å². The Balaban J connectivity index is 2.09. The molecule has 0 aliphatic rings. The summed E-state index contributed by atoms with van der Waals surface area (Å²) < 4.78 is 5.81. The number of rotatable bonds is 4. The number of amides is 1. The fraction of sp³-hybridized carbons (Fsp3) is 0.200. The minimum Gasteiger partial charge on any atom is -0.457 e. The van der Waals surface area contributed by atoms with Crippen LogP contribution in [0.2, 0.25) is 0 Å². The molecular weight excluding hydrogens is 318 g/mol. The number of benzene rings is 2. The maximum atomic E-state index is 12.1. The molecule has 0 aliphatic heterocycles. The Kier molecular flexibility index (Phi) is 5.60. The highest BCUT2D eigenvalue weighted by molar-refractivity contribution is 5.94. The van der Waals surface area contributed by atoms with Crippen LogP contribution in [-0.2, 0) is 9.63 Å². The third-order valence-corrected chi connectivity index (χ3v) is 3.31. The molecule has 2 aromatic carbocycles. The van der Waals surface area contributed by atoms with Gasteiger partial charge in [-0.25, -0.2) is 4.79 Å². The molecule has 0 unspecified atom stereocenters. The molecule has 5 nitrogen and oxygen atoms in total. The van der Waals surface area contributed by atoms with Gasteiger partial charge in [0, 0.05) is 11.1 Å². The monoisotopic (exact) mass is 339 g/mol. The summed E-state index contributed by atoms with van der Waals surface area (Å²) in [5, 5.41) is 0. The number of para-hydroxylation sites is 1. The van der Waals surface area contributed by atoms with Crippen LogP contribution >= 0.6 is 0 Å². The molecule has 25 heavy (non-hydrogen) atoms. The molecule has 0 saturated heterocycles. The Morgan fingerprint density at radius 2 is 1.80 bits per heavy atom. The van der Waals surface area contributed by atoms with Gasteiger partial charge in [-0.1, -0.05) is 36.9 Å². The minimum absolute atomic E-state index is 0.315. The number of nitrogens with one attached hydrogen (secondary N) is 1. The quantitative estimate of drug-likeness (QED) is 0.841. The smallest absolute Gasteiger partial charge is 0.337 e. The van der Waals surface area contributed by atoms with Gasteiger partial charge in [0.25, 0.3) is 5.91 Å². The Bertz CT molecular complexity index is 790. The zero-order chi connectivity index (χ0) is 18.4. The fourth-order valence-electron chi connectivity index (χ4n) is 1.87. The van der Waals surface area contributed by atoms with Crippen LogP contribution in [0.4, 0.5) is 0 Å². The van der Waals surface area contributed by atoms with E-state index in [1.807, 2.05) is 24.3 Å². The Morgan fingerprint density at radius 1 is 1.08 bits per heavy atom. The molecule has 0 radical (unpaired) electrons. The lowest BCUT2D eigenvalue weighted by Crippen LogP contribution is -2.33. The third kappa shape index (κ3) is 4.94. The first-order valence-electron chi connectivity index (χ1n) is 7.82. The summed E-state index contributed by atoms with van der Waals surface area (Å²) in [4.78, 5) is 28.7. The lowest BCUT2D eigenvalue weighted by atomic mass is 9.98. The lowest BCUT2D eigenvalue weighted by molar-refractivity contribution is -0.158. The first kappa shape index (κ1) is 18.3. The topological polar surface area (TPSA) is 64.6 Å². The molecule has 0 bridgehead atoms. The molecule has 0 spiro atoms. The molecule has 2 rings (SSSR count). The van der Waals surface area contributed by atoms with Crippen LogP contribution < -0.4 is 10.2 Å². The van der Waals surface area contributed by atoms with Crippen molar-refractivity contribution < 1.29 is 19.2 Å². The van der Waals surface area contributed by atoms with Crippen molar-refractivity contribution in [3.8, 4) is 11.5 Å². The molecule has 1 amide bonds. The first-order chi connectivity index (χ1) is 11.8. The summed E-state index contributed by atoms with van der Waals surface area (Å²) in [5.74, 6) is 0.0755. The predicted molar refractivity (Wildman–Crippen MR) is 96.1 cm³/mol. The van der Waals surface area contributed by atoms with E-state index in [1.165, 1.54) is 0 Å². The van der Waals surface area contributed by atoms with Gasteiger partial charge in [-0.2, -0.15) is 5.48 Å². The average Bonchev–Trinajstić information content (AvgIpc) is 2.59. The minimum atomic E-state index is -0.702. The van der Waals surface area contributed by atoms with E-state index in [0.717, 1.165) is 5.56 Å². The first-order valence-corrected chi connectivity index (χ1v) is 7.82. The summed E-state index contributed by atoms with van der Waals surface area (Å²) in [5.41, 5.74) is 2.62. The van der Waals surface area contributed by atoms with E-state index >= 15 is 0 Å². The highest BCUT2D eigenvalue weighted by Gasteiger charge is 2.24. The van der Waals surface area contributed by atoms with E-state index in [2.05, 4.69) is 12.1 Å². The summed E-state index contributed by atoms with van der Waals surface area (Å²) >= 11 is 0. The van der Waals surface area contributed by atoms with Gasteiger partial charge in [-0.05, 0) is 45.0 Å². The van der Waals surface area contributed by atoms with Crippen molar-refractivity contribution in [2.75, 3.05) is 0 Å². The maximum absolute atomic E-state index is 12.1. The van der Waals surface area contributed by atoms with E-state index in [4.69, 9.17) is 9.57 Å². The van der Waals surface area contributed by atoms with Gasteiger partial charge in [0.05, 0.1) is 5.41 Å². The molecule has 0 aliphatic carbocycles. The van der Waals surface area contributed by atoms with Crippen molar-refractivity contribution >= 4 is 18.0 Å². The number of hydroxylamine groups is 1. The fourth-order valence-corrected chi connectivity index (χ4v) is 1.87. The second-order valence-electron chi connectivity index (χ2n) is 6.44. The Labute approximate surface area is 147 Å². The summed E-state index contributed by atoms with van der Waals surface area (Å²) in [6, 6.07) is 14.0. The summed E-state index contributed by atoms with van der Waals surface area (Å²) in [7, 11) is 0. The molecule has 2 aromatic rings. The standard InChI is InChI=1S/C20H21NO4/c1-5-14-9-6-7-12-17(14)24-16-11-8-10-15(13-16)18(22)21-25-19(23)20(2,3)4/h5-13H,1H2,2-4H3,(H,21,22). The second-order valence-corrected chi connectivity index (χ2v) is 6.44. The summed E-state index contributed by atoms with van der Waals surface area (Å²) in [6.45, 7) is 8.85. The van der Waals surface area contributed by atoms with Crippen LogP contribution in [0, 0.1) is 5.41 Å². The van der Waals surface area contributed by atoms with Gasteiger partial charge in [0.1, 0.15) is 11.5 Å². The lowest BCUT2D eigenvalue weighted by Gasteiger charge is -2.16. The van der Waals surface area contributed by atoms with Crippen molar-refractivity contribution in [1.82, 2.24) is 5.48 Å². The number of hydrogen-bond acceptors (Lipinski definition) is 4. The SMILES string of the molecule is C=Cc1ccccc1Oc1cccc(C(=O)NOC(=O)C(C)(C)C)c1. The van der Waals surface area contributed by atoms with Crippen LogP contribution in [0.3, 0.4) is 0 Å². The van der Waals surface area contributed by atoms with Crippen LogP contribution in [0.15, 0.2) is 55.1 Å². The van der Waals surface area contributed by atoms with E-state index in [-0.39, 0.29) is 0 Å². The third-order valence-electron chi connectivity index (χ3n) is 3.31. The molecule has 1 N–H and O–H groups in total. The zero-order valence-electron chi connectivity index (χ0n) is 14.5. The van der Waals surface area contributed by atoms with E-state index < -0.39 is 17.3 Å². The molecular formula is C20H21NO4. The van der Waals surface area contributed by atoms with Crippen LogP contribution in [0.25, 0.3) is 6.08 Å². The molecule has 130 valence electrons. The van der Waals surface area contributed by atoms with Gasteiger partial charge in [0.15, 0.2) is 0 Å². The van der Waals surface area contributed by atoms with Gasteiger partial charge in [-0.15, -0.1) is 0 Å². The van der Waals surface area contributed by atoms with Crippen molar-refractivity contribution in [2.45, 2.75) is 20.8 Å². The van der Waals surface area contributed by atoms with Gasteiger partial charge in [-0.3, -0.25) is 4.79 Å². The van der Waals surface area contributed by atoms with Crippen molar-refractivity contribution in [1.29, 1.82) is 0 Å². The van der Waals surface area contributed by atoms with Crippen LogP contribution in [0.1, 0.15) is 36.7 Å². The van der Waals surface area contributed by atoms with E-state index in [9.17, 15) is 9.59 Å². The van der Waals surface area contributed by atoms with E-state index in [0.29, 0.717) is 17.1 Å². The van der Waals surface area contributed by atoms with Crippen LogP contribution in [0.5, 0.6) is 11.5 Å². The van der Waals surface area contributed by atoms with Crippen molar-refractivity contribution in [3.05, 3.63) is 66.2 Å². The Hall–Kier alpha value is -3.08. The Morgan fingerprint density at radius 3 is 2.48 bits per heavy atom. The highest BCUT2D eigenvalue weighted by Crippen LogP contribution is 2.26. The largest absolute Gasteiger partial charge is 0.457 e. The molecule has 0 fully saturated rings. The number of carbonyl (C=O) groups excluding carboxylic acids is 2. The van der Waals surface area contributed by atoms with E-state index in [1.54, 1.807) is 51.1 Å². The second kappa shape index (κ2) is 7.66. The molecule has 0 atom stereocenters. The van der Waals surface area contributed by atoms with Crippen LogP contribution in [-0.4, -0.2) is 11.9 Å². The number of carbonyl (C=O) groups is 2. The molecule has 5 heteroatoms. The normalized spacial score (nSPS) is 10.7.